The van der Waals surface area contributed by atoms with Gasteiger partial charge in [-0.3, -0.25) is 4.98 Å². The van der Waals surface area contributed by atoms with Crippen LogP contribution in [0.15, 0.2) is 34.9 Å². The van der Waals surface area contributed by atoms with Gasteiger partial charge in [-0.25, -0.2) is 0 Å². The molecule has 1 fully saturated rings. The summed E-state index contributed by atoms with van der Waals surface area (Å²) >= 11 is 0. The monoisotopic (exact) mass is 280 g/mol. The van der Waals surface area contributed by atoms with Gasteiger partial charge < -0.3 is 9.84 Å². The Morgan fingerprint density at radius 3 is 3.00 bits per heavy atom. The molecule has 4 rings (SSSR count). The van der Waals surface area contributed by atoms with Crippen LogP contribution in [0, 0.1) is 6.92 Å². The summed E-state index contributed by atoms with van der Waals surface area (Å²) in [6.45, 7) is 3.00. The fraction of sp³-hybridized carbons (Fsp3) is 0.312. The zero-order chi connectivity index (χ0) is 14.2. The Labute approximate surface area is 122 Å². The minimum absolute atomic E-state index is 0.219. The van der Waals surface area contributed by atoms with Crippen LogP contribution in [0.25, 0.3) is 22.4 Å². The molecule has 1 saturated heterocycles. The molecular formula is C16H16N4O. The summed E-state index contributed by atoms with van der Waals surface area (Å²) in [6, 6.07) is 10.2. The number of fused-ring (bicyclic) bond motifs is 1. The van der Waals surface area contributed by atoms with E-state index in [0.29, 0.717) is 5.89 Å². The van der Waals surface area contributed by atoms with E-state index in [1.807, 2.05) is 37.3 Å². The largest absolute Gasteiger partial charge is 0.334 e. The number of aromatic nitrogens is 3. The van der Waals surface area contributed by atoms with Gasteiger partial charge in [0.15, 0.2) is 5.82 Å². The lowest BCUT2D eigenvalue weighted by atomic mass is 10.1. The fourth-order valence-corrected chi connectivity index (χ4v) is 2.88. The van der Waals surface area contributed by atoms with E-state index in [1.165, 1.54) is 0 Å². The van der Waals surface area contributed by atoms with E-state index >= 15 is 0 Å². The third-order valence-corrected chi connectivity index (χ3v) is 3.89. The molecule has 3 heterocycles. The SMILES string of the molecule is Cc1cc(-c2nc(C3CCCN3)no2)c2ccccc2n1. The molecule has 1 unspecified atom stereocenters. The Kier molecular flexibility index (Phi) is 2.93. The summed E-state index contributed by atoms with van der Waals surface area (Å²) in [4.78, 5) is 9.13. The van der Waals surface area contributed by atoms with Crippen LogP contribution in [0.3, 0.4) is 0 Å². The average Bonchev–Trinajstić information content (AvgIpc) is 3.17. The Morgan fingerprint density at radius 1 is 1.24 bits per heavy atom. The van der Waals surface area contributed by atoms with Crippen molar-refractivity contribution in [2.24, 2.45) is 0 Å². The van der Waals surface area contributed by atoms with Crippen molar-refractivity contribution in [1.29, 1.82) is 0 Å². The minimum Gasteiger partial charge on any atom is -0.334 e. The number of aryl methyl sites for hydroxylation is 1. The smallest absolute Gasteiger partial charge is 0.258 e. The van der Waals surface area contributed by atoms with Crippen molar-refractivity contribution in [2.45, 2.75) is 25.8 Å². The molecule has 1 N–H and O–H groups in total. The predicted octanol–water partition coefficient (Wildman–Crippen LogP) is 3.02. The number of para-hydroxylation sites is 1. The third kappa shape index (κ3) is 2.19. The van der Waals surface area contributed by atoms with E-state index in [1.54, 1.807) is 0 Å². The van der Waals surface area contributed by atoms with Crippen LogP contribution < -0.4 is 5.32 Å². The summed E-state index contributed by atoms with van der Waals surface area (Å²) in [5.41, 5.74) is 2.85. The van der Waals surface area contributed by atoms with Gasteiger partial charge in [-0.05, 0) is 38.4 Å². The molecule has 1 aromatic carbocycles. The Hall–Kier alpha value is -2.27. The highest BCUT2D eigenvalue weighted by atomic mass is 16.5. The standard InChI is InChI=1S/C16H16N4O/c1-10-9-12(11-5-2-3-6-13(11)18-10)16-19-15(20-21-16)14-7-4-8-17-14/h2-3,5-6,9,14,17H,4,7-8H2,1H3. The van der Waals surface area contributed by atoms with Gasteiger partial charge in [0, 0.05) is 11.1 Å². The first-order chi connectivity index (χ1) is 10.3. The van der Waals surface area contributed by atoms with Gasteiger partial charge in [-0.1, -0.05) is 23.4 Å². The second kappa shape index (κ2) is 4.93. The fourth-order valence-electron chi connectivity index (χ4n) is 2.88. The molecule has 0 spiro atoms. The van der Waals surface area contributed by atoms with E-state index < -0.39 is 0 Å². The number of rotatable bonds is 2. The minimum atomic E-state index is 0.219. The maximum absolute atomic E-state index is 5.50. The van der Waals surface area contributed by atoms with Gasteiger partial charge in [-0.15, -0.1) is 0 Å². The quantitative estimate of drug-likeness (QED) is 0.781. The Balaban J connectivity index is 1.82. The molecule has 21 heavy (non-hydrogen) atoms. The lowest BCUT2D eigenvalue weighted by Gasteiger charge is -2.04. The molecule has 3 aromatic rings. The van der Waals surface area contributed by atoms with Crippen LogP contribution in [0.1, 0.15) is 30.4 Å². The Bertz CT molecular complexity index is 790. The van der Waals surface area contributed by atoms with Crippen LogP contribution >= 0.6 is 0 Å². The highest BCUT2D eigenvalue weighted by molar-refractivity contribution is 5.92. The molecular weight excluding hydrogens is 264 g/mol. The highest BCUT2D eigenvalue weighted by Crippen LogP contribution is 2.29. The lowest BCUT2D eigenvalue weighted by molar-refractivity contribution is 0.412. The van der Waals surface area contributed by atoms with Crippen LogP contribution in [0.2, 0.25) is 0 Å². The first kappa shape index (κ1) is 12.5. The summed E-state index contributed by atoms with van der Waals surface area (Å²) < 4.78 is 5.50. The van der Waals surface area contributed by atoms with E-state index in [2.05, 4.69) is 20.4 Å². The zero-order valence-corrected chi connectivity index (χ0v) is 11.8. The van der Waals surface area contributed by atoms with Crippen molar-refractivity contribution in [1.82, 2.24) is 20.4 Å². The second-order valence-corrected chi connectivity index (χ2v) is 5.44. The van der Waals surface area contributed by atoms with E-state index in [0.717, 1.165) is 47.4 Å². The molecule has 5 nitrogen and oxygen atoms in total. The Morgan fingerprint density at radius 2 is 2.14 bits per heavy atom. The maximum Gasteiger partial charge on any atom is 0.258 e. The van der Waals surface area contributed by atoms with Crippen molar-refractivity contribution in [2.75, 3.05) is 6.54 Å². The highest BCUT2D eigenvalue weighted by Gasteiger charge is 2.22. The van der Waals surface area contributed by atoms with Crippen molar-refractivity contribution in [3.05, 3.63) is 41.9 Å². The number of pyridine rings is 1. The van der Waals surface area contributed by atoms with Crippen molar-refractivity contribution >= 4 is 10.9 Å². The molecule has 5 heteroatoms. The maximum atomic E-state index is 5.50. The van der Waals surface area contributed by atoms with Gasteiger partial charge in [0.25, 0.3) is 5.89 Å². The number of nitrogens with zero attached hydrogens (tertiary/aromatic N) is 3. The summed E-state index contributed by atoms with van der Waals surface area (Å²) in [6.07, 6.45) is 2.22. The average molecular weight is 280 g/mol. The van der Waals surface area contributed by atoms with Gasteiger partial charge in [0.05, 0.1) is 17.1 Å². The summed E-state index contributed by atoms with van der Waals surface area (Å²) in [5.74, 6) is 1.32. The first-order valence-electron chi connectivity index (χ1n) is 7.25. The first-order valence-corrected chi connectivity index (χ1v) is 7.25. The number of hydrogen-bond acceptors (Lipinski definition) is 5. The third-order valence-electron chi connectivity index (χ3n) is 3.89. The number of nitrogens with one attached hydrogen (secondary N) is 1. The molecule has 106 valence electrons. The molecule has 0 bridgehead atoms. The molecule has 0 saturated carbocycles. The molecule has 1 aliphatic rings. The van der Waals surface area contributed by atoms with Gasteiger partial charge in [0.1, 0.15) is 0 Å². The van der Waals surface area contributed by atoms with Gasteiger partial charge in [0.2, 0.25) is 0 Å². The molecule has 2 aromatic heterocycles. The van der Waals surface area contributed by atoms with Gasteiger partial charge >= 0.3 is 0 Å². The predicted molar refractivity (Wildman–Crippen MR) is 79.7 cm³/mol. The van der Waals surface area contributed by atoms with Crippen LogP contribution in [-0.4, -0.2) is 21.7 Å². The molecule has 1 atom stereocenters. The lowest BCUT2D eigenvalue weighted by Crippen LogP contribution is -2.14. The summed E-state index contributed by atoms with van der Waals surface area (Å²) in [7, 11) is 0. The van der Waals surface area contributed by atoms with Crippen molar-refractivity contribution in [3.8, 4) is 11.5 Å². The van der Waals surface area contributed by atoms with Crippen LogP contribution in [0.4, 0.5) is 0 Å². The molecule has 1 aliphatic heterocycles. The molecule has 0 aliphatic carbocycles. The van der Waals surface area contributed by atoms with E-state index in [4.69, 9.17) is 4.52 Å². The second-order valence-electron chi connectivity index (χ2n) is 5.44. The molecule has 0 radical (unpaired) electrons. The van der Waals surface area contributed by atoms with Crippen molar-refractivity contribution < 1.29 is 4.52 Å². The van der Waals surface area contributed by atoms with E-state index in [-0.39, 0.29) is 6.04 Å². The number of hydrogen-bond donors (Lipinski definition) is 1. The normalized spacial score (nSPS) is 18.4. The van der Waals surface area contributed by atoms with Crippen LogP contribution in [0.5, 0.6) is 0 Å². The topological polar surface area (TPSA) is 63.8 Å². The number of benzene rings is 1. The zero-order valence-electron chi connectivity index (χ0n) is 11.8. The van der Waals surface area contributed by atoms with Gasteiger partial charge in [-0.2, -0.15) is 4.98 Å². The molecule has 0 amide bonds. The van der Waals surface area contributed by atoms with Crippen LogP contribution in [-0.2, 0) is 0 Å². The van der Waals surface area contributed by atoms with E-state index in [9.17, 15) is 0 Å². The summed E-state index contributed by atoms with van der Waals surface area (Å²) in [5, 5.41) is 8.57. The van der Waals surface area contributed by atoms with Crippen molar-refractivity contribution in [3.63, 3.8) is 0 Å².